The molecule has 1 aromatic carbocycles. The van der Waals surface area contributed by atoms with Gasteiger partial charge in [-0.2, -0.15) is 0 Å². The first-order valence-corrected chi connectivity index (χ1v) is 12.4. The second-order valence-corrected chi connectivity index (χ2v) is 9.96. The van der Waals surface area contributed by atoms with Crippen LogP contribution in [-0.4, -0.2) is 63.9 Å². The zero-order valence-corrected chi connectivity index (χ0v) is 21.0. The van der Waals surface area contributed by atoms with E-state index in [0.29, 0.717) is 16.5 Å². The topological polar surface area (TPSA) is 137 Å². The van der Waals surface area contributed by atoms with Crippen molar-refractivity contribution in [2.75, 3.05) is 25.5 Å². The van der Waals surface area contributed by atoms with Gasteiger partial charge >= 0.3 is 11.8 Å². The highest BCUT2D eigenvalue weighted by molar-refractivity contribution is 7.13. The number of phenols is 1. The molecule has 36 heavy (non-hydrogen) atoms. The van der Waals surface area contributed by atoms with E-state index in [2.05, 4.69) is 30.8 Å². The van der Waals surface area contributed by atoms with Gasteiger partial charge in [0, 0.05) is 37.1 Å². The first-order valence-electron chi connectivity index (χ1n) is 11.2. The smallest absolute Gasteiger partial charge is 0.314 e. The van der Waals surface area contributed by atoms with Gasteiger partial charge < -0.3 is 26.0 Å². The molecule has 12 heteroatoms. The van der Waals surface area contributed by atoms with Crippen LogP contribution in [0.2, 0.25) is 5.02 Å². The number of thiazole rings is 1. The molecule has 0 bridgehead atoms. The van der Waals surface area contributed by atoms with Crippen molar-refractivity contribution in [2.45, 2.75) is 25.4 Å². The number of benzene rings is 1. The molecule has 3 aromatic rings. The zero-order valence-electron chi connectivity index (χ0n) is 19.5. The summed E-state index contributed by atoms with van der Waals surface area (Å²) in [5.74, 6) is -1.80. The Bertz CT molecular complexity index is 1250. The maximum Gasteiger partial charge on any atom is 0.314 e. The van der Waals surface area contributed by atoms with Crippen LogP contribution in [-0.2, 0) is 29.0 Å². The number of anilines is 1. The van der Waals surface area contributed by atoms with Crippen molar-refractivity contribution < 1.29 is 19.5 Å². The number of aromatic hydroxyl groups is 1. The van der Waals surface area contributed by atoms with Crippen molar-refractivity contribution in [1.82, 2.24) is 25.5 Å². The molecule has 3 heterocycles. The summed E-state index contributed by atoms with van der Waals surface area (Å²) in [4.78, 5) is 49.4. The van der Waals surface area contributed by atoms with E-state index < -0.39 is 17.9 Å². The number of hydrogen-bond donors (Lipinski definition) is 4. The third-order valence-corrected chi connectivity index (χ3v) is 6.86. The number of phenolic OH excluding ortho intramolecular Hbond substituents is 1. The van der Waals surface area contributed by atoms with Crippen LogP contribution in [0.5, 0.6) is 5.75 Å². The van der Waals surface area contributed by atoms with Gasteiger partial charge in [0.15, 0.2) is 5.01 Å². The molecule has 3 amide bonds. The Kier molecular flexibility index (Phi) is 8.14. The molecular formula is C24H25ClN6O4S. The van der Waals surface area contributed by atoms with Gasteiger partial charge in [-0.25, -0.2) is 9.97 Å². The van der Waals surface area contributed by atoms with Crippen LogP contribution in [0.15, 0.2) is 42.6 Å². The first kappa shape index (κ1) is 25.5. The molecule has 0 saturated carbocycles. The Morgan fingerprint density at radius 2 is 1.94 bits per heavy atom. The molecule has 0 aliphatic carbocycles. The molecule has 10 nitrogen and oxygen atoms in total. The van der Waals surface area contributed by atoms with Crippen LogP contribution in [0.3, 0.4) is 0 Å². The van der Waals surface area contributed by atoms with E-state index in [1.54, 1.807) is 30.3 Å². The molecular weight excluding hydrogens is 504 g/mol. The molecule has 1 aliphatic rings. The Morgan fingerprint density at radius 3 is 2.67 bits per heavy atom. The normalized spacial score (nSPS) is 13.9. The summed E-state index contributed by atoms with van der Waals surface area (Å²) in [7, 11) is 2.03. The van der Waals surface area contributed by atoms with Gasteiger partial charge in [0.2, 0.25) is 0 Å². The average Bonchev–Trinajstić information content (AvgIpc) is 3.28. The second-order valence-electron chi connectivity index (χ2n) is 8.44. The summed E-state index contributed by atoms with van der Waals surface area (Å²) in [6, 6.07) is 9.04. The fraction of sp³-hybridized carbons (Fsp3) is 0.292. The van der Waals surface area contributed by atoms with E-state index in [9.17, 15) is 19.5 Å². The molecule has 2 aromatic heterocycles. The molecule has 188 valence electrons. The van der Waals surface area contributed by atoms with E-state index >= 15 is 0 Å². The second kappa shape index (κ2) is 11.5. The third kappa shape index (κ3) is 6.78. The van der Waals surface area contributed by atoms with Gasteiger partial charge in [-0.15, -0.1) is 11.3 Å². The Balaban J connectivity index is 1.41. The van der Waals surface area contributed by atoms with E-state index in [-0.39, 0.29) is 24.0 Å². The number of carbonyl (C=O) groups is 3. The van der Waals surface area contributed by atoms with Gasteiger partial charge in [-0.05, 0) is 43.3 Å². The largest absolute Gasteiger partial charge is 0.508 e. The number of hydrogen-bond acceptors (Lipinski definition) is 8. The Hall–Kier alpha value is -3.54. The van der Waals surface area contributed by atoms with Crippen molar-refractivity contribution in [1.29, 1.82) is 0 Å². The highest BCUT2D eigenvalue weighted by atomic mass is 35.5. The highest BCUT2D eigenvalue weighted by Gasteiger charge is 2.24. The summed E-state index contributed by atoms with van der Waals surface area (Å²) >= 11 is 7.15. The van der Waals surface area contributed by atoms with Crippen LogP contribution in [0, 0.1) is 0 Å². The van der Waals surface area contributed by atoms with Gasteiger partial charge in [-0.3, -0.25) is 14.4 Å². The van der Waals surface area contributed by atoms with Crippen molar-refractivity contribution in [3.05, 3.63) is 68.8 Å². The molecule has 4 N–H and O–H groups in total. The van der Waals surface area contributed by atoms with Crippen molar-refractivity contribution in [3.8, 4) is 5.75 Å². The molecule has 0 fully saturated rings. The summed E-state index contributed by atoms with van der Waals surface area (Å²) in [5, 5.41) is 18.2. The van der Waals surface area contributed by atoms with E-state index in [1.165, 1.54) is 23.6 Å². The molecule has 1 atom stereocenters. The van der Waals surface area contributed by atoms with Crippen LogP contribution in [0.25, 0.3) is 0 Å². The Labute approximate surface area is 216 Å². The minimum Gasteiger partial charge on any atom is -0.508 e. The lowest BCUT2D eigenvalue weighted by Gasteiger charge is -2.20. The zero-order chi connectivity index (χ0) is 25.7. The monoisotopic (exact) mass is 528 g/mol. The number of carbonyl (C=O) groups excluding carboxylic acids is 3. The number of aromatic nitrogens is 2. The molecule has 1 unspecified atom stereocenters. The first-order chi connectivity index (χ1) is 17.3. The number of likely N-dealkylation sites (N-methyl/N-ethyl adjacent to an activating group) is 1. The summed E-state index contributed by atoms with van der Waals surface area (Å²) in [5.41, 5.74) is 1.78. The predicted octanol–water partition coefficient (Wildman–Crippen LogP) is 1.98. The van der Waals surface area contributed by atoms with Gasteiger partial charge in [0.05, 0.1) is 16.8 Å². The fourth-order valence-corrected chi connectivity index (χ4v) is 4.88. The number of fused-ring (bicyclic) bond motifs is 1. The van der Waals surface area contributed by atoms with Gasteiger partial charge in [0.1, 0.15) is 11.6 Å². The highest BCUT2D eigenvalue weighted by Crippen LogP contribution is 2.24. The van der Waals surface area contributed by atoms with Crippen LogP contribution in [0.4, 0.5) is 5.82 Å². The predicted molar refractivity (Wildman–Crippen MR) is 136 cm³/mol. The number of halogens is 1. The third-order valence-electron chi connectivity index (χ3n) is 5.55. The van der Waals surface area contributed by atoms with E-state index in [1.807, 2.05) is 7.05 Å². The van der Waals surface area contributed by atoms with Crippen molar-refractivity contribution in [2.24, 2.45) is 0 Å². The lowest BCUT2D eigenvalue weighted by molar-refractivity contribution is -0.136. The number of nitrogens with one attached hydrogen (secondary N) is 3. The van der Waals surface area contributed by atoms with Gasteiger partial charge in [0.25, 0.3) is 5.91 Å². The number of nitrogens with zero attached hydrogens (tertiary/aromatic N) is 3. The maximum absolute atomic E-state index is 13.0. The summed E-state index contributed by atoms with van der Waals surface area (Å²) in [6.07, 6.45) is 2.51. The van der Waals surface area contributed by atoms with Gasteiger partial charge in [-0.1, -0.05) is 23.7 Å². The number of rotatable bonds is 7. The van der Waals surface area contributed by atoms with E-state index in [0.717, 1.165) is 35.6 Å². The number of pyridine rings is 1. The summed E-state index contributed by atoms with van der Waals surface area (Å²) in [6.45, 7) is 1.65. The minimum atomic E-state index is -0.892. The average molecular weight is 529 g/mol. The molecule has 0 saturated heterocycles. The van der Waals surface area contributed by atoms with Crippen molar-refractivity contribution in [3.63, 3.8) is 0 Å². The molecule has 4 rings (SSSR count). The fourth-order valence-electron chi connectivity index (χ4n) is 3.68. The lowest BCUT2D eigenvalue weighted by atomic mass is 10.1. The lowest BCUT2D eigenvalue weighted by Crippen LogP contribution is -2.47. The van der Waals surface area contributed by atoms with Crippen LogP contribution in [0.1, 0.15) is 25.9 Å². The SMILES string of the molecule is CN1CCc2nc(C(=O)NC(CNC(=O)C(=O)Nc3ccc(Cl)cn3)Cc3ccc(O)cc3)sc2C1. The minimum absolute atomic E-state index is 0.000738. The van der Waals surface area contributed by atoms with E-state index in [4.69, 9.17) is 11.6 Å². The van der Waals surface area contributed by atoms with Crippen LogP contribution < -0.4 is 16.0 Å². The van der Waals surface area contributed by atoms with Crippen molar-refractivity contribution >= 4 is 46.5 Å². The Morgan fingerprint density at radius 1 is 1.17 bits per heavy atom. The number of amides is 3. The molecule has 0 radical (unpaired) electrons. The summed E-state index contributed by atoms with van der Waals surface area (Å²) < 4.78 is 0. The molecule has 1 aliphatic heterocycles. The van der Waals surface area contributed by atoms with Crippen LogP contribution >= 0.6 is 22.9 Å². The quantitative estimate of drug-likeness (QED) is 0.344. The maximum atomic E-state index is 13.0. The molecule has 0 spiro atoms. The standard InChI is InChI=1S/C24H25ClN6O4S/c1-31-9-8-18-19(13-31)36-24(29-18)23(35)28-16(10-14-2-5-17(32)6-3-14)12-27-21(33)22(34)30-20-7-4-15(25)11-26-20/h2-7,11,16,32H,8-10,12-13H2,1H3,(H,27,33)(H,28,35)(H,26,30,34).